The molecule has 0 saturated heterocycles. The Balaban J connectivity index is 1.69. The summed E-state index contributed by atoms with van der Waals surface area (Å²) >= 11 is 3.70. The van der Waals surface area contributed by atoms with Gasteiger partial charge in [0.25, 0.3) is 4.75 Å². The van der Waals surface area contributed by atoms with E-state index >= 15 is 0 Å². The molecule has 38 heavy (non-hydrogen) atoms. The average Bonchev–Trinajstić information content (AvgIpc) is 3.52. The lowest BCUT2D eigenvalue weighted by molar-refractivity contribution is 0.414. The number of thiophene rings is 1. The molecular formula is C32H25O4S2+. The van der Waals surface area contributed by atoms with Gasteiger partial charge in [-0.1, -0.05) is 0 Å². The van der Waals surface area contributed by atoms with Crippen molar-refractivity contribution in [1.29, 1.82) is 0 Å². The summed E-state index contributed by atoms with van der Waals surface area (Å²) in [4.78, 5) is 1.27. The van der Waals surface area contributed by atoms with Gasteiger partial charge in [-0.2, -0.15) is 0 Å². The summed E-state index contributed by atoms with van der Waals surface area (Å²) in [7, 11) is 6.87. The zero-order chi connectivity index (χ0) is 26.0. The summed E-state index contributed by atoms with van der Waals surface area (Å²) in [5, 5.41) is 2.47. The van der Waals surface area contributed by atoms with Crippen molar-refractivity contribution < 1.29 is 18.9 Å². The van der Waals surface area contributed by atoms with Crippen LogP contribution >= 0.6 is 11.3 Å². The van der Waals surface area contributed by atoms with E-state index < -0.39 is 4.75 Å². The molecule has 0 spiro atoms. The smallest absolute Gasteiger partial charge is 0.272 e. The molecule has 2 aliphatic rings. The highest BCUT2D eigenvalue weighted by atomic mass is 32.1. The van der Waals surface area contributed by atoms with E-state index in [2.05, 4.69) is 78.9 Å². The van der Waals surface area contributed by atoms with Crippen LogP contribution in [0.1, 0.15) is 16.7 Å². The number of rotatable bonds is 5. The molecule has 188 valence electrons. The minimum Gasteiger partial charge on any atom is -0.497 e. The van der Waals surface area contributed by atoms with Crippen LogP contribution in [0.25, 0.3) is 26.1 Å². The van der Waals surface area contributed by atoms with E-state index in [1.165, 1.54) is 52.5 Å². The monoisotopic (exact) mass is 537 g/mol. The number of fused-ring (bicyclic) bond motifs is 9. The van der Waals surface area contributed by atoms with Gasteiger partial charge in [-0.3, -0.25) is 0 Å². The summed E-state index contributed by atoms with van der Waals surface area (Å²) in [6, 6.07) is 27.8. The van der Waals surface area contributed by atoms with Crippen molar-refractivity contribution in [3.8, 4) is 33.4 Å². The Labute approximate surface area is 228 Å². The first kappa shape index (κ1) is 23.3. The van der Waals surface area contributed by atoms with Gasteiger partial charge >= 0.3 is 0 Å². The van der Waals surface area contributed by atoms with Crippen LogP contribution in [-0.4, -0.2) is 28.4 Å². The molecule has 0 amide bonds. The summed E-state index contributed by atoms with van der Waals surface area (Å²) < 4.78 is 24.5. The summed E-state index contributed by atoms with van der Waals surface area (Å²) in [6.07, 6.45) is 0. The van der Waals surface area contributed by atoms with Crippen molar-refractivity contribution >= 4 is 38.3 Å². The second-order valence-electron chi connectivity index (χ2n) is 9.33. The Hall–Kier alpha value is -3.87. The first-order chi connectivity index (χ1) is 18.6. The summed E-state index contributed by atoms with van der Waals surface area (Å²) in [5.74, 6) is 3.40. The molecule has 1 aliphatic carbocycles. The minimum absolute atomic E-state index is 0.480. The third kappa shape index (κ3) is 3.11. The van der Waals surface area contributed by atoms with Crippen LogP contribution in [0, 0.1) is 4.51 Å². The molecule has 7 rings (SSSR count). The molecule has 4 nitrogen and oxygen atoms in total. The lowest BCUT2D eigenvalue weighted by Crippen LogP contribution is -2.32. The summed E-state index contributed by atoms with van der Waals surface area (Å²) in [6.45, 7) is 0. The molecule has 0 bridgehead atoms. The highest BCUT2D eigenvalue weighted by Crippen LogP contribution is 2.59. The predicted molar refractivity (Wildman–Crippen MR) is 155 cm³/mol. The maximum absolute atomic E-state index is 5.77. The van der Waals surface area contributed by atoms with E-state index in [4.69, 9.17) is 18.9 Å². The van der Waals surface area contributed by atoms with Crippen LogP contribution < -0.4 is 24.2 Å². The fourth-order valence-electron chi connectivity index (χ4n) is 5.79. The van der Waals surface area contributed by atoms with Crippen molar-refractivity contribution in [1.82, 2.24) is 0 Å². The van der Waals surface area contributed by atoms with Crippen LogP contribution in [0.3, 0.4) is 0 Å². The largest absolute Gasteiger partial charge is 0.497 e. The normalized spacial score (nSPS) is 16.7. The van der Waals surface area contributed by atoms with E-state index in [0.717, 1.165) is 23.0 Å². The van der Waals surface area contributed by atoms with E-state index in [1.807, 2.05) is 22.7 Å². The van der Waals surface area contributed by atoms with Crippen molar-refractivity contribution in [2.24, 2.45) is 0 Å². The Morgan fingerprint density at radius 2 is 1.29 bits per heavy atom. The van der Waals surface area contributed by atoms with Gasteiger partial charge in [0.1, 0.15) is 23.0 Å². The lowest BCUT2D eigenvalue weighted by Gasteiger charge is -2.30. The van der Waals surface area contributed by atoms with Crippen molar-refractivity contribution in [2.75, 3.05) is 28.4 Å². The van der Waals surface area contributed by atoms with E-state index in [0.29, 0.717) is 0 Å². The number of benzene rings is 4. The van der Waals surface area contributed by atoms with Crippen LogP contribution in [0.15, 0.2) is 78.9 Å². The molecule has 4 aromatic carbocycles. The van der Waals surface area contributed by atoms with Gasteiger partial charge in [0.05, 0.1) is 33.7 Å². The van der Waals surface area contributed by atoms with Gasteiger partial charge in [-0.05, 0) is 72.8 Å². The lowest BCUT2D eigenvalue weighted by atomic mass is 9.72. The molecule has 1 unspecified atom stereocenters. The SMILES string of the molecule is COc1ccc(C23[S+]=c4cc(OC)ccc4=C2c2c(sc4cc(OC)ccc24)-c2ccc(OC)cc23)cc1. The molecule has 0 radical (unpaired) electrons. The van der Waals surface area contributed by atoms with Gasteiger partial charge in [-0.15, -0.1) is 11.3 Å². The van der Waals surface area contributed by atoms with Crippen molar-refractivity contribution in [3.63, 3.8) is 0 Å². The van der Waals surface area contributed by atoms with Crippen molar-refractivity contribution in [2.45, 2.75) is 4.75 Å². The Kier molecular flexibility index (Phi) is 5.25. The van der Waals surface area contributed by atoms with Crippen molar-refractivity contribution in [3.05, 3.63) is 105 Å². The van der Waals surface area contributed by atoms with E-state index in [1.54, 1.807) is 28.4 Å². The fourth-order valence-corrected chi connectivity index (χ4v) is 8.70. The molecule has 1 atom stereocenters. The predicted octanol–water partition coefficient (Wildman–Crippen LogP) is 6.41. The molecule has 5 aromatic rings. The van der Waals surface area contributed by atoms with Gasteiger partial charge in [-0.25, -0.2) is 0 Å². The topological polar surface area (TPSA) is 36.9 Å². The maximum Gasteiger partial charge on any atom is 0.272 e. The molecular weight excluding hydrogens is 512 g/mol. The Morgan fingerprint density at radius 3 is 2.03 bits per heavy atom. The Bertz CT molecular complexity index is 1870. The van der Waals surface area contributed by atoms with Crippen LogP contribution in [0.5, 0.6) is 23.0 Å². The molecule has 0 fully saturated rings. The second kappa shape index (κ2) is 8.58. The first-order valence-corrected chi connectivity index (χ1v) is 13.9. The van der Waals surface area contributed by atoms with Gasteiger partial charge < -0.3 is 18.9 Å². The number of methoxy groups -OCH3 is 4. The van der Waals surface area contributed by atoms with Gasteiger partial charge in [0.2, 0.25) is 15.9 Å². The molecule has 1 aromatic heterocycles. The third-order valence-corrected chi connectivity index (χ3v) is 10.3. The Morgan fingerprint density at radius 1 is 0.658 bits per heavy atom. The van der Waals surface area contributed by atoms with E-state index in [-0.39, 0.29) is 0 Å². The van der Waals surface area contributed by atoms with E-state index in [9.17, 15) is 0 Å². The minimum atomic E-state index is -0.480. The van der Waals surface area contributed by atoms with Gasteiger partial charge in [0, 0.05) is 48.9 Å². The van der Waals surface area contributed by atoms with Crippen LogP contribution in [0.2, 0.25) is 0 Å². The van der Waals surface area contributed by atoms with Crippen LogP contribution in [-0.2, 0) is 16.1 Å². The standard InChI is InChI=1S/C32H25O4S2/c1-33-19-7-5-18(6-8-19)32-26-15-20(34-2)9-12-23(26)31-29(24-13-10-21(35-3)16-27(24)37-31)30(32)25-14-11-22(36-4)17-28(25)38-32/h5-17H,1-4H3/q+1. The number of ether oxygens (including phenoxy) is 4. The zero-order valence-electron chi connectivity index (χ0n) is 21.5. The first-order valence-electron chi connectivity index (χ1n) is 12.3. The fraction of sp³-hybridized carbons (Fsp3) is 0.156. The second-order valence-corrected chi connectivity index (χ2v) is 11.6. The van der Waals surface area contributed by atoms with Gasteiger partial charge in [0.15, 0.2) is 0 Å². The number of hydrogen-bond acceptors (Lipinski definition) is 5. The zero-order valence-corrected chi connectivity index (χ0v) is 23.1. The molecule has 6 heteroatoms. The highest BCUT2D eigenvalue weighted by Gasteiger charge is 2.57. The number of hydrogen-bond donors (Lipinski definition) is 0. The average molecular weight is 538 g/mol. The molecule has 2 heterocycles. The highest BCUT2D eigenvalue weighted by molar-refractivity contribution is 7.72. The quantitative estimate of drug-likeness (QED) is 0.192. The summed E-state index contributed by atoms with van der Waals surface area (Å²) in [5.41, 5.74) is 6.24. The molecule has 0 saturated carbocycles. The molecule has 1 aliphatic heterocycles. The molecule has 0 N–H and O–H groups in total. The third-order valence-electron chi connectivity index (χ3n) is 7.57. The van der Waals surface area contributed by atoms with Crippen LogP contribution in [0.4, 0.5) is 0 Å². The maximum atomic E-state index is 5.77.